The number of carbonyl (C=O) groups excluding carboxylic acids is 4. The third kappa shape index (κ3) is 11.5. The Labute approximate surface area is 214 Å². The lowest BCUT2D eigenvalue weighted by Crippen LogP contribution is -2.29. The highest BCUT2D eigenvalue weighted by Crippen LogP contribution is 2.36. The molecule has 1 aliphatic rings. The van der Waals surface area contributed by atoms with Gasteiger partial charge >= 0.3 is 0 Å². The summed E-state index contributed by atoms with van der Waals surface area (Å²) in [4.78, 5) is 46.6. The topological polar surface area (TPSA) is 68.3 Å². The first-order valence-corrected chi connectivity index (χ1v) is 13.6. The minimum Gasteiger partial charge on any atom is -0.300 e. The Morgan fingerprint density at radius 1 is 0.943 bits per heavy atom. The summed E-state index contributed by atoms with van der Waals surface area (Å²) in [6.07, 6.45) is 7.12. The molecular formula is C31H50O4. The Bertz CT molecular complexity index is 837. The Morgan fingerprint density at radius 3 is 1.97 bits per heavy atom. The van der Waals surface area contributed by atoms with E-state index in [4.69, 9.17) is 0 Å². The highest BCUT2D eigenvalue weighted by molar-refractivity contribution is 6.00. The fourth-order valence-corrected chi connectivity index (χ4v) is 4.83. The average molecular weight is 487 g/mol. The summed E-state index contributed by atoms with van der Waals surface area (Å²) in [6, 6.07) is 4.22. The molecule has 1 aromatic carbocycles. The second kappa shape index (κ2) is 17.3. The SMILES string of the molecule is CCC.CCC(C)=O.CCCC(CC1CC(=O)c2c(ccc(C)c2C)C1)C(CC)C(=O)CC(C)=O. The van der Waals surface area contributed by atoms with Crippen molar-refractivity contribution in [2.24, 2.45) is 17.8 Å². The molecule has 1 aliphatic carbocycles. The van der Waals surface area contributed by atoms with Gasteiger partial charge in [0.1, 0.15) is 17.3 Å². The largest absolute Gasteiger partial charge is 0.300 e. The van der Waals surface area contributed by atoms with E-state index in [0.717, 1.165) is 48.8 Å². The van der Waals surface area contributed by atoms with Gasteiger partial charge in [-0.2, -0.15) is 0 Å². The molecule has 0 radical (unpaired) electrons. The summed E-state index contributed by atoms with van der Waals surface area (Å²) < 4.78 is 0. The van der Waals surface area contributed by atoms with Gasteiger partial charge in [0.25, 0.3) is 0 Å². The summed E-state index contributed by atoms with van der Waals surface area (Å²) in [5.41, 5.74) is 4.38. The van der Waals surface area contributed by atoms with E-state index in [1.165, 1.54) is 18.9 Å². The van der Waals surface area contributed by atoms with Crippen LogP contribution in [-0.2, 0) is 20.8 Å². The molecule has 0 saturated carbocycles. The molecule has 198 valence electrons. The summed E-state index contributed by atoms with van der Waals surface area (Å²) in [5, 5.41) is 0. The van der Waals surface area contributed by atoms with E-state index in [9.17, 15) is 19.2 Å². The summed E-state index contributed by atoms with van der Waals surface area (Å²) >= 11 is 0. The molecule has 3 atom stereocenters. The quantitative estimate of drug-likeness (QED) is 0.316. The summed E-state index contributed by atoms with van der Waals surface area (Å²) in [5.74, 6) is 1.02. The highest BCUT2D eigenvalue weighted by atomic mass is 16.1. The molecule has 0 amide bonds. The Morgan fingerprint density at radius 2 is 1.51 bits per heavy atom. The molecular weight excluding hydrogens is 436 g/mol. The van der Waals surface area contributed by atoms with Crippen LogP contribution < -0.4 is 0 Å². The number of ketones is 4. The lowest BCUT2D eigenvalue weighted by Gasteiger charge is -2.32. The number of hydrogen-bond donors (Lipinski definition) is 0. The summed E-state index contributed by atoms with van der Waals surface area (Å²) in [7, 11) is 0. The molecule has 2 rings (SSSR count). The third-order valence-corrected chi connectivity index (χ3v) is 6.72. The van der Waals surface area contributed by atoms with E-state index in [-0.39, 0.29) is 41.4 Å². The lowest BCUT2D eigenvalue weighted by atomic mass is 9.72. The fraction of sp³-hybridized carbons (Fsp3) is 0.677. The molecule has 0 bridgehead atoms. The first-order chi connectivity index (χ1) is 16.5. The molecule has 0 fully saturated rings. The smallest absolute Gasteiger partial charge is 0.163 e. The van der Waals surface area contributed by atoms with Crippen LogP contribution >= 0.6 is 0 Å². The van der Waals surface area contributed by atoms with E-state index in [2.05, 4.69) is 39.8 Å². The van der Waals surface area contributed by atoms with Crippen LogP contribution in [0.4, 0.5) is 0 Å². The van der Waals surface area contributed by atoms with Gasteiger partial charge in [0.05, 0.1) is 6.42 Å². The number of rotatable bonds is 10. The van der Waals surface area contributed by atoms with Crippen LogP contribution in [-0.4, -0.2) is 23.1 Å². The number of aryl methyl sites for hydroxylation is 1. The summed E-state index contributed by atoms with van der Waals surface area (Å²) in [6.45, 7) is 17.4. The van der Waals surface area contributed by atoms with Crippen LogP contribution in [0, 0.1) is 31.6 Å². The molecule has 0 aliphatic heterocycles. The molecule has 3 unspecified atom stereocenters. The number of benzene rings is 1. The normalized spacial score (nSPS) is 16.0. The van der Waals surface area contributed by atoms with Gasteiger partial charge in [-0.3, -0.25) is 14.4 Å². The van der Waals surface area contributed by atoms with E-state index in [1.807, 2.05) is 20.8 Å². The van der Waals surface area contributed by atoms with Crippen LogP contribution in [0.15, 0.2) is 12.1 Å². The maximum absolute atomic E-state index is 12.8. The van der Waals surface area contributed by atoms with Crippen LogP contribution in [0.5, 0.6) is 0 Å². The minimum atomic E-state index is -0.0647. The van der Waals surface area contributed by atoms with E-state index < -0.39 is 0 Å². The number of carbonyl (C=O) groups is 4. The maximum Gasteiger partial charge on any atom is 0.163 e. The molecule has 4 heteroatoms. The Balaban J connectivity index is 0.00000126. The molecule has 0 aromatic heterocycles. The second-order valence-electron chi connectivity index (χ2n) is 10.1. The Hall–Kier alpha value is -2.10. The molecule has 0 saturated heterocycles. The van der Waals surface area contributed by atoms with Gasteiger partial charge in [-0.15, -0.1) is 0 Å². The van der Waals surface area contributed by atoms with Crippen LogP contribution in [0.25, 0.3) is 0 Å². The van der Waals surface area contributed by atoms with Gasteiger partial charge in [0.2, 0.25) is 0 Å². The molecule has 1 aromatic rings. The van der Waals surface area contributed by atoms with Crippen molar-refractivity contribution in [3.63, 3.8) is 0 Å². The van der Waals surface area contributed by atoms with Crippen LogP contribution in [0.1, 0.15) is 127 Å². The number of hydrogen-bond acceptors (Lipinski definition) is 4. The van der Waals surface area contributed by atoms with Gasteiger partial charge in [0, 0.05) is 24.3 Å². The predicted octanol–water partition coefficient (Wildman–Crippen LogP) is 7.83. The van der Waals surface area contributed by atoms with Crippen molar-refractivity contribution >= 4 is 23.1 Å². The average Bonchev–Trinajstić information content (AvgIpc) is 2.77. The van der Waals surface area contributed by atoms with E-state index in [1.54, 1.807) is 6.92 Å². The van der Waals surface area contributed by atoms with Crippen molar-refractivity contribution in [3.8, 4) is 0 Å². The van der Waals surface area contributed by atoms with Crippen molar-refractivity contribution in [1.29, 1.82) is 0 Å². The van der Waals surface area contributed by atoms with Crippen LogP contribution in [0.3, 0.4) is 0 Å². The van der Waals surface area contributed by atoms with Gasteiger partial charge < -0.3 is 4.79 Å². The standard InChI is InChI=1S/C24H34O3.C4H8O.C3H8/c1-6-8-19(21(7-2)22(26)11-16(4)25)12-18-13-20-10-9-15(3)17(5)24(20)23(27)14-18;1-3-4(2)5;1-3-2/h9-10,18-19,21H,6-8,11-14H2,1-5H3;3H2,1-2H3;3H2,1-2H3. The predicted molar refractivity (Wildman–Crippen MR) is 146 cm³/mol. The first kappa shape index (κ1) is 32.9. The van der Waals surface area contributed by atoms with Gasteiger partial charge in [-0.25, -0.2) is 0 Å². The maximum atomic E-state index is 12.8. The zero-order chi connectivity index (χ0) is 27.1. The van der Waals surface area contributed by atoms with Crippen molar-refractivity contribution in [3.05, 3.63) is 34.4 Å². The number of fused-ring (bicyclic) bond motifs is 1. The third-order valence-electron chi connectivity index (χ3n) is 6.72. The van der Waals surface area contributed by atoms with Gasteiger partial charge in [0.15, 0.2) is 5.78 Å². The number of Topliss-reactive ketones (excluding diaryl/α,β-unsaturated/α-hetero) is 4. The van der Waals surface area contributed by atoms with Gasteiger partial charge in [-0.1, -0.05) is 66.0 Å². The van der Waals surface area contributed by atoms with E-state index >= 15 is 0 Å². The van der Waals surface area contributed by atoms with E-state index in [0.29, 0.717) is 18.8 Å². The minimum absolute atomic E-state index is 0.0453. The zero-order valence-corrected chi connectivity index (χ0v) is 23.9. The molecule has 4 nitrogen and oxygen atoms in total. The fourth-order valence-electron chi connectivity index (χ4n) is 4.83. The first-order valence-electron chi connectivity index (χ1n) is 13.6. The van der Waals surface area contributed by atoms with Crippen molar-refractivity contribution in [2.75, 3.05) is 0 Å². The van der Waals surface area contributed by atoms with Gasteiger partial charge in [-0.05, 0) is 75.5 Å². The van der Waals surface area contributed by atoms with Crippen molar-refractivity contribution in [1.82, 2.24) is 0 Å². The van der Waals surface area contributed by atoms with Crippen molar-refractivity contribution in [2.45, 2.75) is 120 Å². The molecule has 35 heavy (non-hydrogen) atoms. The molecule has 0 spiro atoms. The second-order valence-corrected chi connectivity index (χ2v) is 10.1. The Kier molecular flexibility index (Phi) is 16.3. The lowest BCUT2D eigenvalue weighted by molar-refractivity contribution is -0.130. The van der Waals surface area contributed by atoms with Crippen LogP contribution in [0.2, 0.25) is 0 Å². The highest BCUT2D eigenvalue weighted by Gasteiger charge is 2.33. The molecule has 0 heterocycles. The monoisotopic (exact) mass is 486 g/mol. The molecule has 0 N–H and O–H groups in total. The van der Waals surface area contributed by atoms with Crippen molar-refractivity contribution < 1.29 is 19.2 Å². The zero-order valence-electron chi connectivity index (χ0n) is 23.9.